The number of nitrogens with two attached hydrogens (primary N) is 1. The van der Waals surface area contributed by atoms with Gasteiger partial charge in [-0.15, -0.1) is 16.4 Å². The number of hydrogen-bond donors (Lipinski definition) is 2. The third-order valence-electron chi connectivity index (χ3n) is 2.93. The molecule has 3 N–H and O–H groups in total. The van der Waals surface area contributed by atoms with Crippen LogP contribution in [0.5, 0.6) is 0 Å². The second-order valence-electron chi connectivity index (χ2n) is 5.78. The summed E-state index contributed by atoms with van der Waals surface area (Å²) < 4.78 is 1.57. The summed E-state index contributed by atoms with van der Waals surface area (Å²) in [6.07, 6.45) is 0.422. The van der Waals surface area contributed by atoms with E-state index in [-0.39, 0.29) is 11.1 Å². The second kappa shape index (κ2) is 5.90. The molecule has 0 saturated carbocycles. The first-order valence-electron chi connectivity index (χ1n) is 6.63. The molecule has 0 unspecified atom stereocenters. The molecule has 0 atom stereocenters. The van der Waals surface area contributed by atoms with E-state index < -0.39 is 5.97 Å². The van der Waals surface area contributed by atoms with Crippen LogP contribution in [0.4, 0.5) is 0 Å². The standard InChI is InChI=1S/C13H19N5O2S/c1-13(2,3)12-15-8(7-21-12)6-18-9(4-5-14)10(11(19)20)16-17-18/h7H,4-6,14H2,1-3H3,(H,19,20). The largest absolute Gasteiger partial charge is 0.476 e. The summed E-state index contributed by atoms with van der Waals surface area (Å²) >= 11 is 1.59. The number of carbonyl (C=O) groups is 1. The highest BCUT2D eigenvalue weighted by Gasteiger charge is 2.21. The number of aromatic carboxylic acids is 1. The molecule has 2 rings (SSSR count). The molecule has 2 heterocycles. The third kappa shape index (κ3) is 3.45. The van der Waals surface area contributed by atoms with Crippen LogP contribution in [0.3, 0.4) is 0 Å². The number of rotatable bonds is 5. The Hall–Kier alpha value is -1.80. The quantitative estimate of drug-likeness (QED) is 0.861. The van der Waals surface area contributed by atoms with E-state index in [0.29, 0.717) is 25.2 Å². The van der Waals surface area contributed by atoms with Crippen LogP contribution in [-0.4, -0.2) is 37.6 Å². The Morgan fingerprint density at radius 3 is 2.71 bits per heavy atom. The summed E-state index contributed by atoms with van der Waals surface area (Å²) in [5, 5.41) is 19.8. The van der Waals surface area contributed by atoms with E-state index in [4.69, 9.17) is 10.8 Å². The van der Waals surface area contributed by atoms with E-state index in [0.717, 1.165) is 10.7 Å². The van der Waals surface area contributed by atoms with Crippen molar-refractivity contribution in [2.75, 3.05) is 6.54 Å². The van der Waals surface area contributed by atoms with Crippen molar-refractivity contribution in [2.24, 2.45) is 5.73 Å². The van der Waals surface area contributed by atoms with Crippen molar-refractivity contribution >= 4 is 17.3 Å². The lowest BCUT2D eigenvalue weighted by Gasteiger charge is -2.13. The minimum Gasteiger partial charge on any atom is -0.476 e. The molecule has 0 aromatic carbocycles. The molecule has 0 aliphatic carbocycles. The van der Waals surface area contributed by atoms with Crippen molar-refractivity contribution < 1.29 is 9.90 Å². The highest BCUT2D eigenvalue weighted by Crippen LogP contribution is 2.25. The van der Waals surface area contributed by atoms with Crippen molar-refractivity contribution in [3.63, 3.8) is 0 Å². The van der Waals surface area contributed by atoms with Gasteiger partial charge in [0.05, 0.1) is 22.9 Å². The molecule has 7 nitrogen and oxygen atoms in total. The molecule has 0 bridgehead atoms. The van der Waals surface area contributed by atoms with Gasteiger partial charge in [0.2, 0.25) is 0 Å². The average molecular weight is 309 g/mol. The van der Waals surface area contributed by atoms with Crippen molar-refractivity contribution in [2.45, 2.75) is 39.2 Å². The molecule has 2 aromatic rings. The highest BCUT2D eigenvalue weighted by atomic mass is 32.1. The zero-order valence-corrected chi connectivity index (χ0v) is 13.1. The molecule has 0 fully saturated rings. The summed E-state index contributed by atoms with van der Waals surface area (Å²) in [4.78, 5) is 15.7. The van der Waals surface area contributed by atoms with E-state index in [1.165, 1.54) is 0 Å². The van der Waals surface area contributed by atoms with E-state index in [9.17, 15) is 4.79 Å². The molecule has 114 valence electrons. The molecule has 2 aromatic heterocycles. The fraction of sp³-hybridized carbons (Fsp3) is 0.538. The molecule has 21 heavy (non-hydrogen) atoms. The van der Waals surface area contributed by atoms with Gasteiger partial charge in [-0.2, -0.15) is 0 Å². The molecule has 8 heteroatoms. The maximum absolute atomic E-state index is 11.1. The summed E-state index contributed by atoms with van der Waals surface area (Å²) in [5.41, 5.74) is 6.89. The lowest BCUT2D eigenvalue weighted by Crippen LogP contribution is -2.15. The van der Waals surface area contributed by atoms with E-state index in [1.807, 2.05) is 5.38 Å². The normalized spacial score (nSPS) is 11.8. The van der Waals surface area contributed by atoms with E-state index in [2.05, 4.69) is 36.1 Å². The van der Waals surface area contributed by atoms with Crippen LogP contribution in [0.2, 0.25) is 0 Å². The summed E-state index contributed by atoms with van der Waals surface area (Å²) in [7, 11) is 0. The average Bonchev–Trinajstić information content (AvgIpc) is 2.98. The number of thiazole rings is 1. The van der Waals surface area contributed by atoms with Crippen molar-refractivity contribution in [1.29, 1.82) is 0 Å². The van der Waals surface area contributed by atoms with E-state index >= 15 is 0 Å². The van der Waals surface area contributed by atoms with Gasteiger partial charge in [-0.05, 0) is 6.54 Å². The number of carboxylic acids is 1. The van der Waals surface area contributed by atoms with Crippen molar-refractivity contribution in [3.05, 3.63) is 27.5 Å². The Morgan fingerprint density at radius 1 is 1.48 bits per heavy atom. The fourth-order valence-corrected chi connectivity index (χ4v) is 2.79. The van der Waals surface area contributed by atoms with Gasteiger partial charge in [-0.3, -0.25) is 0 Å². The van der Waals surface area contributed by atoms with Gasteiger partial charge in [-0.1, -0.05) is 26.0 Å². The first-order valence-corrected chi connectivity index (χ1v) is 7.51. The molecule has 0 amide bonds. The Kier molecular flexibility index (Phi) is 4.38. The zero-order valence-electron chi connectivity index (χ0n) is 12.3. The predicted octanol–water partition coefficient (Wildman–Crippen LogP) is 1.28. The Morgan fingerprint density at radius 2 is 2.19 bits per heavy atom. The first-order chi connectivity index (χ1) is 9.82. The Labute approximate surface area is 126 Å². The third-order valence-corrected chi connectivity index (χ3v) is 4.24. The number of carboxylic acid groups (broad SMARTS) is 1. The fourth-order valence-electron chi connectivity index (χ4n) is 1.89. The van der Waals surface area contributed by atoms with Gasteiger partial charge in [0.15, 0.2) is 5.69 Å². The molecular weight excluding hydrogens is 290 g/mol. The zero-order chi connectivity index (χ0) is 15.6. The Bertz CT molecular complexity index is 641. The number of hydrogen-bond acceptors (Lipinski definition) is 6. The van der Waals surface area contributed by atoms with Gasteiger partial charge < -0.3 is 10.8 Å². The van der Waals surface area contributed by atoms with Crippen LogP contribution in [0.25, 0.3) is 0 Å². The summed E-state index contributed by atoms with van der Waals surface area (Å²) in [6, 6.07) is 0. The molecule has 0 aliphatic rings. The maximum Gasteiger partial charge on any atom is 0.358 e. The Balaban J connectivity index is 2.27. The van der Waals surface area contributed by atoms with Gasteiger partial charge in [-0.25, -0.2) is 14.5 Å². The number of nitrogens with zero attached hydrogens (tertiary/aromatic N) is 4. The van der Waals surface area contributed by atoms with Crippen LogP contribution in [0, 0.1) is 0 Å². The van der Waals surface area contributed by atoms with Crippen LogP contribution < -0.4 is 5.73 Å². The second-order valence-corrected chi connectivity index (χ2v) is 6.64. The monoisotopic (exact) mass is 309 g/mol. The summed E-state index contributed by atoms with van der Waals surface area (Å²) in [6.45, 7) is 7.06. The predicted molar refractivity (Wildman–Crippen MR) is 79.7 cm³/mol. The molecule has 0 saturated heterocycles. The molecular formula is C13H19N5O2S. The van der Waals surface area contributed by atoms with Crippen molar-refractivity contribution in [1.82, 2.24) is 20.0 Å². The topological polar surface area (TPSA) is 107 Å². The van der Waals surface area contributed by atoms with Crippen LogP contribution >= 0.6 is 11.3 Å². The minimum atomic E-state index is -1.08. The summed E-state index contributed by atoms with van der Waals surface area (Å²) in [5.74, 6) is -1.08. The minimum absolute atomic E-state index is 0.00238. The van der Waals surface area contributed by atoms with Gasteiger partial charge in [0.1, 0.15) is 0 Å². The van der Waals surface area contributed by atoms with Gasteiger partial charge >= 0.3 is 5.97 Å². The molecule has 0 spiro atoms. The van der Waals surface area contributed by atoms with E-state index in [1.54, 1.807) is 16.0 Å². The van der Waals surface area contributed by atoms with Crippen LogP contribution in [-0.2, 0) is 18.4 Å². The first kappa shape index (κ1) is 15.6. The molecule has 0 aliphatic heterocycles. The van der Waals surface area contributed by atoms with Gasteiger partial charge in [0, 0.05) is 17.2 Å². The van der Waals surface area contributed by atoms with Crippen LogP contribution in [0.15, 0.2) is 5.38 Å². The van der Waals surface area contributed by atoms with Gasteiger partial charge in [0.25, 0.3) is 0 Å². The van der Waals surface area contributed by atoms with Crippen molar-refractivity contribution in [3.8, 4) is 0 Å². The lowest BCUT2D eigenvalue weighted by atomic mass is 9.98. The number of aromatic nitrogens is 4. The SMILES string of the molecule is CC(C)(C)c1nc(Cn2nnc(C(=O)O)c2CCN)cs1. The van der Waals surface area contributed by atoms with Crippen LogP contribution in [0.1, 0.15) is 47.7 Å². The lowest BCUT2D eigenvalue weighted by molar-refractivity contribution is 0.0689. The smallest absolute Gasteiger partial charge is 0.358 e. The highest BCUT2D eigenvalue weighted by molar-refractivity contribution is 7.09. The molecule has 0 radical (unpaired) electrons. The maximum atomic E-state index is 11.1.